The van der Waals surface area contributed by atoms with E-state index in [2.05, 4.69) is 24.1 Å². The first-order chi connectivity index (χ1) is 9.61. The van der Waals surface area contributed by atoms with E-state index in [1.165, 1.54) is 11.3 Å². The Balaban J connectivity index is 2.18. The number of piperazine rings is 1. The summed E-state index contributed by atoms with van der Waals surface area (Å²) in [5.41, 5.74) is 0.789. The lowest BCUT2D eigenvalue weighted by Crippen LogP contribution is -2.46. The van der Waals surface area contributed by atoms with Gasteiger partial charge in [0.25, 0.3) is 5.91 Å². The summed E-state index contributed by atoms with van der Waals surface area (Å²) in [6, 6.07) is 0. The van der Waals surface area contributed by atoms with Gasteiger partial charge in [-0.05, 0) is 5.92 Å². The zero-order valence-corrected chi connectivity index (χ0v) is 13.3. The van der Waals surface area contributed by atoms with Gasteiger partial charge in [-0.3, -0.25) is 4.79 Å². The number of carbonyl (C=O) groups excluding carboxylic acids is 1. The number of methoxy groups -OCH3 is 1. The quantitative estimate of drug-likeness (QED) is 0.895. The van der Waals surface area contributed by atoms with Crippen LogP contribution < -0.4 is 5.32 Å². The van der Waals surface area contributed by atoms with E-state index in [1.54, 1.807) is 7.11 Å². The molecule has 0 saturated carbocycles. The molecule has 0 spiro atoms. The number of thiazole rings is 1. The largest absolute Gasteiger partial charge is 0.378 e. The molecule has 0 bridgehead atoms. The Morgan fingerprint density at radius 1 is 1.45 bits per heavy atom. The van der Waals surface area contributed by atoms with Crippen LogP contribution in [0.4, 0.5) is 0 Å². The van der Waals surface area contributed by atoms with Crippen molar-refractivity contribution in [2.75, 3.05) is 33.3 Å². The fourth-order valence-electron chi connectivity index (χ4n) is 2.25. The van der Waals surface area contributed by atoms with Crippen molar-refractivity contribution < 1.29 is 9.53 Å². The third kappa shape index (κ3) is 3.77. The summed E-state index contributed by atoms with van der Waals surface area (Å²) in [6.07, 6.45) is 0.913. The van der Waals surface area contributed by atoms with Crippen LogP contribution in [0, 0.1) is 5.92 Å². The molecule has 0 aromatic carbocycles. The van der Waals surface area contributed by atoms with E-state index >= 15 is 0 Å². The molecule has 1 amide bonds. The summed E-state index contributed by atoms with van der Waals surface area (Å²) < 4.78 is 5.19. The van der Waals surface area contributed by atoms with Gasteiger partial charge in [0.05, 0.1) is 17.3 Å². The zero-order valence-electron chi connectivity index (χ0n) is 12.4. The van der Waals surface area contributed by atoms with Gasteiger partial charge in [0.1, 0.15) is 4.88 Å². The Morgan fingerprint density at radius 3 is 2.75 bits per heavy atom. The van der Waals surface area contributed by atoms with E-state index in [4.69, 9.17) is 4.74 Å². The average Bonchev–Trinajstić information content (AvgIpc) is 2.81. The molecule has 1 aliphatic rings. The number of carbonyl (C=O) groups is 1. The standard InChI is InChI=1S/C14H23N3O2S/c1-10(2)8-12-16-11(9-19-3)13(20-12)14(18)17-6-4-15-5-7-17/h10,15H,4-9H2,1-3H3. The lowest BCUT2D eigenvalue weighted by molar-refractivity contribution is 0.0735. The van der Waals surface area contributed by atoms with Crippen LogP contribution in [0.25, 0.3) is 0 Å². The molecule has 20 heavy (non-hydrogen) atoms. The van der Waals surface area contributed by atoms with Crippen molar-refractivity contribution in [3.05, 3.63) is 15.6 Å². The van der Waals surface area contributed by atoms with Gasteiger partial charge in [0, 0.05) is 39.7 Å². The number of hydrogen-bond acceptors (Lipinski definition) is 5. The van der Waals surface area contributed by atoms with E-state index in [1.807, 2.05) is 4.90 Å². The molecule has 0 aliphatic carbocycles. The van der Waals surface area contributed by atoms with Gasteiger partial charge in [-0.25, -0.2) is 4.98 Å². The number of nitrogens with zero attached hydrogens (tertiary/aromatic N) is 2. The molecule has 0 atom stereocenters. The topological polar surface area (TPSA) is 54.5 Å². The number of amides is 1. The number of ether oxygens (including phenoxy) is 1. The van der Waals surface area contributed by atoms with Gasteiger partial charge >= 0.3 is 0 Å². The highest BCUT2D eigenvalue weighted by molar-refractivity contribution is 7.13. The highest BCUT2D eigenvalue weighted by Crippen LogP contribution is 2.23. The molecule has 1 saturated heterocycles. The predicted octanol–water partition coefficient (Wildman–Crippen LogP) is 1.53. The van der Waals surface area contributed by atoms with Crippen LogP contribution in [0.3, 0.4) is 0 Å². The van der Waals surface area contributed by atoms with Crippen molar-refractivity contribution >= 4 is 17.2 Å². The molecule has 1 aromatic heterocycles. The first kappa shape index (κ1) is 15.4. The fraction of sp³-hybridized carbons (Fsp3) is 0.714. The first-order valence-electron chi connectivity index (χ1n) is 7.09. The Labute approximate surface area is 124 Å². The van der Waals surface area contributed by atoms with Crippen LogP contribution >= 0.6 is 11.3 Å². The van der Waals surface area contributed by atoms with E-state index in [0.29, 0.717) is 12.5 Å². The monoisotopic (exact) mass is 297 g/mol. The third-order valence-corrected chi connectivity index (χ3v) is 4.31. The molecule has 6 heteroatoms. The van der Waals surface area contributed by atoms with Crippen LogP contribution in [0.15, 0.2) is 0 Å². The predicted molar refractivity (Wildman–Crippen MR) is 80.1 cm³/mol. The Morgan fingerprint density at radius 2 is 2.15 bits per heavy atom. The third-order valence-electron chi connectivity index (χ3n) is 3.20. The summed E-state index contributed by atoms with van der Waals surface area (Å²) in [7, 11) is 1.64. The van der Waals surface area contributed by atoms with Crippen molar-refractivity contribution in [2.45, 2.75) is 26.9 Å². The molecule has 0 unspecified atom stereocenters. The van der Waals surface area contributed by atoms with Gasteiger partial charge in [0.15, 0.2) is 0 Å². The van der Waals surface area contributed by atoms with Crippen LogP contribution in [-0.4, -0.2) is 49.1 Å². The minimum Gasteiger partial charge on any atom is -0.378 e. The zero-order chi connectivity index (χ0) is 14.5. The molecule has 5 nitrogen and oxygen atoms in total. The van der Waals surface area contributed by atoms with Crippen molar-refractivity contribution in [2.24, 2.45) is 5.92 Å². The average molecular weight is 297 g/mol. The summed E-state index contributed by atoms with van der Waals surface area (Å²) in [4.78, 5) is 19.9. The highest BCUT2D eigenvalue weighted by atomic mass is 32.1. The second kappa shape index (κ2) is 7.15. The minimum atomic E-state index is 0.103. The van der Waals surface area contributed by atoms with Gasteiger partial charge in [0.2, 0.25) is 0 Å². The molecule has 0 radical (unpaired) electrons. The van der Waals surface area contributed by atoms with Crippen LogP contribution in [-0.2, 0) is 17.8 Å². The fourth-order valence-corrected chi connectivity index (χ4v) is 3.50. The van der Waals surface area contributed by atoms with Crippen LogP contribution in [0.5, 0.6) is 0 Å². The second-order valence-corrected chi connectivity index (χ2v) is 6.54. The highest BCUT2D eigenvalue weighted by Gasteiger charge is 2.24. The molecule has 2 heterocycles. The minimum absolute atomic E-state index is 0.103. The summed E-state index contributed by atoms with van der Waals surface area (Å²) in [5.74, 6) is 0.643. The van der Waals surface area contributed by atoms with Crippen molar-refractivity contribution in [3.63, 3.8) is 0 Å². The van der Waals surface area contributed by atoms with Gasteiger partial charge in [-0.2, -0.15) is 0 Å². The van der Waals surface area contributed by atoms with Crippen LogP contribution in [0.2, 0.25) is 0 Å². The van der Waals surface area contributed by atoms with Crippen molar-refractivity contribution in [3.8, 4) is 0 Å². The maximum absolute atomic E-state index is 12.6. The molecule has 1 N–H and O–H groups in total. The number of hydrogen-bond donors (Lipinski definition) is 1. The molecular weight excluding hydrogens is 274 g/mol. The lowest BCUT2D eigenvalue weighted by atomic mass is 10.1. The molecule has 1 fully saturated rings. The molecule has 2 rings (SSSR count). The van der Waals surface area contributed by atoms with Crippen molar-refractivity contribution in [1.29, 1.82) is 0 Å². The second-order valence-electron chi connectivity index (χ2n) is 5.46. The van der Waals surface area contributed by atoms with Crippen molar-refractivity contribution in [1.82, 2.24) is 15.2 Å². The SMILES string of the molecule is COCc1nc(CC(C)C)sc1C(=O)N1CCNCC1. The Kier molecular flexibility index (Phi) is 5.51. The summed E-state index contributed by atoms with van der Waals surface area (Å²) in [6.45, 7) is 7.99. The number of rotatable bonds is 5. The van der Waals surface area contributed by atoms with E-state index < -0.39 is 0 Å². The van der Waals surface area contributed by atoms with E-state index in [-0.39, 0.29) is 5.91 Å². The smallest absolute Gasteiger partial charge is 0.266 e. The molecule has 1 aliphatic heterocycles. The molecular formula is C14H23N3O2S. The lowest BCUT2D eigenvalue weighted by Gasteiger charge is -2.27. The Bertz CT molecular complexity index is 453. The van der Waals surface area contributed by atoms with Gasteiger partial charge in [-0.15, -0.1) is 11.3 Å². The first-order valence-corrected chi connectivity index (χ1v) is 7.91. The maximum atomic E-state index is 12.6. The normalized spacial score (nSPS) is 15.9. The maximum Gasteiger partial charge on any atom is 0.266 e. The molecule has 1 aromatic rings. The van der Waals surface area contributed by atoms with Gasteiger partial charge < -0.3 is 15.0 Å². The summed E-state index contributed by atoms with van der Waals surface area (Å²) >= 11 is 1.53. The van der Waals surface area contributed by atoms with Crippen LogP contribution in [0.1, 0.15) is 34.2 Å². The summed E-state index contributed by atoms with van der Waals surface area (Å²) in [5, 5.41) is 4.29. The van der Waals surface area contributed by atoms with Gasteiger partial charge in [-0.1, -0.05) is 13.8 Å². The number of nitrogens with one attached hydrogen (secondary N) is 1. The number of aromatic nitrogens is 1. The Hall–Kier alpha value is -0.980. The molecule has 112 valence electrons. The van der Waals surface area contributed by atoms with E-state index in [0.717, 1.165) is 48.2 Å². The van der Waals surface area contributed by atoms with E-state index in [9.17, 15) is 4.79 Å².